The molecule has 0 aliphatic carbocycles. The molecule has 0 N–H and O–H groups in total. The lowest BCUT2D eigenvalue weighted by atomic mass is 9.77. The van der Waals surface area contributed by atoms with E-state index in [0.717, 1.165) is 5.75 Å². The number of carbonyl (C=O) groups is 1. The molecule has 0 spiro atoms. The number of ketones is 1. The zero-order valence-corrected chi connectivity index (χ0v) is 14.0. The Balaban J connectivity index is 3.30. The number of rotatable bonds is 6. The summed E-state index contributed by atoms with van der Waals surface area (Å²) in [5, 5.41) is 0. The van der Waals surface area contributed by atoms with Crippen LogP contribution >= 0.6 is 0 Å². The molecule has 0 fully saturated rings. The van der Waals surface area contributed by atoms with Gasteiger partial charge in [0.2, 0.25) is 0 Å². The summed E-state index contributed by atoms with van der Waals surface area (Å²) in [6.45, 7) is 14.4. The molecule has 0 atom stereocenters. The molecular formula is C18H28O2. The standard InChI is InChI=1S/C18H28O2/c1-8-15(19)11-18(6,7)17-14(5)9-13(4)10-16(17)20-12(2)3/h9-10,12H,8,11H2,1-7H3. The maximum atomic E-state index is 11.9. The molecule has 0 bridgehead atoms. The largest absolute Gasteiger partial charge is 0.491 e. The molecule has 0 aromatic heterocycles. The third-order valence-corrected chi connectivity index (χ3v) is 3.52. The van der Waals surface area contributed by atoms with Crippen LogP contribution in [0.1, 0.15) is 64.2 Å². The monoisotopic (exact) mass is 276 g/mol. The summed E-state index contributed by atoms with van der Waals surface area (Å²) in [5.74, 6) is 1.22. The van der Waals surface area contributed by atoms with E-state index in [1.807, 2.05) is 20.8 Å². The number of hydrogen-bond acceptors (Lipinski definition) is 2. The number of ether oxygens (including phenoxy) is 1. The van der Waals surface area contributed by atoms with Gasteiger partial charge in [-0.2, -0.15) is 0 Å². The highest BCUT2D eigenvalue weighted by Gasteiger charge is 2.29. The van der Waals surface area contributed by atoms with Crippen LogP contribution in [0.25, 0.3) is 0 Å². The van der Waals surface area contributed by atoms with Crippen LogP contribution in [0.15, 0.2) is 12.1 Å². The Morgan fingerprint density at radius 2 is 1.85 bits per heavy atom. The number of aryl methyl sites for hydroxylation is 2. The third kappa shape index (κ3) is 4.09. The SMILES string of the molecule is CCC(=O)CC(C)(C)c1c(C)cc(C)cc1OC(C)C. The number of Topliss-reactive ketones (excluding diaryl/α,β-unsaturated/α-hetero) is 1. The molecule has 0 radical (unpaired) electrons. The number of carbonyl (C=O) groups excluding carboxylic acids is 1. The van der Waals surface area contributed by atoms with Gasteiger partial charge >= 0.3 is 0 Å². The number of hydrogen-bond donors (Lipinski definition) is 0. The molecule has 0 unspecified atom stereocenters. The average Bonchev–Trinajstić information content (AvgIpc) is 2.25. The van der Waals surface area contributed by atoms with Gasteiger partial charge in [0.05, 0.1) is 6.10 Å². The molecule has 20 heavy (non-hydrogen) atoms. The van der Waals surface area contributed by atoms with Gasteiger partial charge in [0.1, 0.15) is 11.5 Å². The lowest BCUT2D eigenvalue weighted by molar-refractivity contribution is -0.119. The van der Waals surface area contributed by atoms with Gasteiger partial charge in [0.15, 0.2) is 0 Å². The second kappa shape index (κ2) is 6.43. The van der Waals surface area contributed by atoms with E-state index in [4.69, 9.17) is 4.74 Å². The summed E-state index contributed by atoms with van der Waals surface area (Å²) < 4.78 is 6.00. The van der Waals surface area contributed by atoms with Crippen LogP contribution in [-0.4, -0.2) is 11.9 Å². The fourth-order valence-corrected chi connectivity index (χ4v) is 2.85. The summed E-state index contributed by atoms with van der Waals surface area (Å²) in [4.78, 5) is 11.9. The van der Waals surface area contributed by atoms with Crippen molar-refractivity contribution in [3.05, 3.63) is 28.8 Å². The smallest absolute Gasteiger partial charge is 0.133 e. The van der Waals surface area contributed by atoms with Gasteiger partial charge in [-0.05, 0) is 44.9 Å². The van der Waals surface area contributed by atoms with Crippen LogP contribution in [0.5, 0.6) is 5.75 Å². The van der Waals surface area contributed by atoms with Crippen molar-refractivity contribution < 1.29 is 9.53 Å². The van der Waals surface area contributed by atoms with Crippen molar-refractivity contribution in [3.63, 3.8) is 0 Å². The van der Waals surface area contributed by atoms with Crippen molar-refractivity contribution in [2.45, 2.75) is 72.8 Å². The Labute approximate surface area is 123 Å². The molecule has 2 nitrogen and oxygen atoms in total. The van der Waals surface area contributed by atoms with E-state index in [1.54, 1.807) is 0 Å². The van der Waals surface area contributed by atoms with Gasteiger partial charge in [0.25, 0.3) is 0 Å². The van der Waals surface area contributed by atoms with Crippen LogP contribution in [-0.2, 0) is 10.2 Å². The van der Waals surface area contributed by atoms with Gasteiger partial charge in [-0.3, -0.25) is 4.79 Å². The highest BCUT2D eigenvalue weighted by Crippen LogP contribution is 2.38. The summed E-state index contributed by atoms with van der Waals surface area (Å²) >= 11 is 0. The predicted molar refractivity (Wildman–Crippen MR) is 84.6 cm³/mol. The van der Waals surface area contributed by atoms with Gasteiger partial charge in [-0.15, -0.1) is 0 Å². The average molecular weight is 276 g/mol. The van der Waals surface area contributed by atoms with Crippen LogP contribution in [0, 0.1) is 13.8 Å². The second-order valence-corrected chi connectivity index (χ2v) is 6.57. The molecule has 112 valence electrons. The highest BCUT2D eigenvalue weighted by atomic mass is 16.5. The first-order valence-corrected chi connectivity index (χ1v) is 7.47. The first-order valence-electron chi connectivity index (χ1n) is 7.47. The maximum absolute atomic E-state index is 11.9. The summed E-state index contributed by atoms with van der Waals surface area (Å²) in [7, 11) is 0. The molecule has 0 saturated heterocycles. The van der Waals surface area contributed by atoms with E-state index in [1.165, 1.54) is 16.7 Å². The van der Waals surface area contributed by atoms with Crippen LogP contribution in [0.4, 0.5) is 0 Å². The Morgan fingerprint density at radius 3 is 2.35 bits per heavy atom. The van der Waals surface area contributed by atoms with Gasteiger partial charge < -0.3 is 4.74 Å². The lowest BCUT2D eigenvalue weighted by Gasteiger charge is -2.30. The van der Waals surface area contributed by atoms with Crippen molar-refractivity contribution in [1.29, 1.82) is 0 Å². The van der Waals surface area contributed by atoms with Gasteiger partial charge in [-0.25, -0.2) is 0 Å². The normalized spacial score (nSPS) is 11.8. The molecule has 0 amide bonds. The molecule has 1 aromatic carbocycles. The first kappa shape index (κ1) is 16.7. The first-order chi connectivity index (χ1) is 9.17. The summed E-state index contributed by atoms with van der Waals surface area (Å²) in [5.41, 5.74) is 3.36. The summed E-state index contributed by atoms with van der Waals surface area (Å²) in [6.07, 6.45) is 1.28. The van der Waals surface area contributed by atoms with E-state index in [-0.39, 0.29) is 11.5 Å². The van der Waals surface area contributed by atoms with Crippen molar-refractivity contribution in [3.8, 4) is 5.75 Å². The molecule has 0 aliphatic heterocycles. The predicted octanol–water partition coefficient (Wildman–Crippen LogP) is 4.74. The van der Waals surface area contributed by atoms with E-state index in [9.17, 15) is 4.79 Å². The molecule has 0 aliphatic rings. The van der Waals surface area contributed by atoms with E-state index < -0.39 is 0 Å². The topological polar surface area (TPSA) is 26.3 Å². The quantitative estimate of drug-likeness (QED) is 0.750. The fourth-order valence-electron chi connectivity index (χ4n) is 2.85. The maximum Gasteiger partial charge on any atom is 0.133 e. The summed E-state index contributed by atoms with van der Waals surface area (Å²) in [6, 6.07) is 4.25. The minimum Gasteiger partial charge on any atom is -0.491 e. The Morgan fingerprint density at radius 1 is 1.25 bits per heavy atom. The van der Waals surface area contributed by atoms with E-state index >= 15 is 0 Å². The van der Waals surface area contributed by atoms with Crippen molar-refractivity contribution in [1.82, 2.24) is 0 Å². The Bertz CT molecular complexity index is 484. The Kier molecular flexibility index (Phi) is 5.38. The molecule has 1 rings (SSSR count). The van der Waals surface area contributed by atoms with Crippen molar-refractivity contribution in [2.75, 3.05) is 0 Å². The highest BCUT2D eigenvalue weighted by molar-refractivity contribution is 5.79. The van der Waals surface area contributed by atoms with Crippen LogP contribution in [0.3, 0.4) is 0 Å². The third-order valence-electron chi connectivity index (χ3n) is 3.52. The van der Waals surface area contributed by atoms with E-state index in [2.05, 4.69) is 39.8 Å². The van der Waals surface area contributed by atoms with E-state index in [0.29, 0.717) is 18.6 Å². The van der Waals surface area contributed by atoms with Gasteiger partial charge in [0, 0.05) is 23.8 Å². The molecule has 2 heteroatoms. The molecule has 1 aromatic rings. The van der Waals surface area contributed by atoms with Crippen LogP contribution in [0.2, 0.25) is 0 Å². The van der Waals surface area contributed by atoms with Crippen molar-refractivity contribution in [2.24, 2.45) is 0 Å². The minimum atomic E-state index is -0.199. The lowest BCUT2D eigenvalue weighted by Crippen LogP contribution is -2.24. The zero-order valence-electron chi connectivity index (χ0n) is 14.0. The second-order valence-electron chi connectivity index (χ2n) is 6.57. The zero-order chi connectivity index (χ0) is 15.5. The molecular weight excluding hydrogens is 248 g/mol. The van der Waals surface area contributed by atoms with Gasteiger partial charge in [-0.1, -0.05) is 26.8 Å². The van der Waals surface area contributed by atoms with Crippen LogP contribution < -0.4 is 4.74 Å². The minimum absolute atomic E-state index is 0.132. The molecule has 0 heterocycles. The molecule has 0 saturated carbocycles. The van der Waals surface area contributed by atoms with Crippen molar-refractivity contribution >= 4 is 5.78 Å². The Hall–Kier alpha value is -1.31. The number of benzene rings is 1. The fraction of sp³-hybridized carbons (Fsp3) is 0.611.